The lowest BCUT2D eigenvalue weighted by atomic mass is 10.1. The molecule has 2 heterocycles. The van der Waals surface area contributed by atoms with Gasteiger partial charge in [-0.15, -0.1) is 0 Å². The molecule has 1 aromatic heterocycles. The Hall–Kier alpha value is -1.85. The van der Waals surface area contributed by atoms with Gasteiger partial charge in [-0.2, -0.15) is 0 Å². The first-order valence-corrected chi connectivity index (χ1v) is 7.38. The number of halogens is 1. The maximum absolute atomic E-state index is 6.05. The number of rotatable bonds is 3. The van der Waals surface area contributed by atoms with Crippen LogP contribution in [0, 0.1) is 0 Å². The van der Waals surface area contributed by atoms with Gasteiger partial charge < -0.3 is 10.6 Å². The number of benzene rings is 1. The van der Waals surface area contributed by atoms with Gasteiger partial charge in [-0.25, -0.2) is 9.97 Å². The zero-order valence-corrected chi connectivity index (χ0v) is 12.5. The van der Waals surface area contributed by atoms with E-state index in [4.69, 9.17) is 17.3 Å². The minimum absolute atomic E-state index is 0.696. The Labute approximate surface area is 129 Å². The molecule has 1 saturated heterocycles. The SMILES string of the molecule is Nc1cc(Cl)cc(CN2CCN(c3ncccn3)CC2)c1. The van der Waals surface area contributed by atoms with Crippen LogP contribution in [0.3, 0.4) is 0 Å². The first-order valence-electron chi connectivity index (χ1n) is 7.00. The lowest BCUT2D eigenvalue weighted by Gasteiger charge is -2.34. The van der Waals surface area contributed by atoms with Crippen LogP contribution >= 0.6 is 11.6 Å². The minimum Gasteiger partial charge on any atom is -0.399 e. The van der Waals surface area contributed by atoms with Crippen molar-refractivity contribution in [2.24, 2.45) is 0 Å². The van der Waals surface area contributed by atoms with Gasteiger partial charge in [-0.05, 0) is 29.8 Å². The molecule has 0 bridgehead atoms. The predicted molar refractivity (Wildman–Crippen MR) is 85.4 cm³/mol. The highest BCUT2D eigenvalue weighted by atomic mass is 35.5. The van der Waals surface area contributed by atoms with E-state index in [1.54, 1.807) is 18.5 Å². The second-order valence-electron chi connectivity index (χ2n) is 5.20. The fraction of sp³-hybridized carbons (Fsp3) is 0.333. The number of nitrogens with zero attached hydrogens (tertiary/aromatic N) is 4. The molecule has 0 unspecified atom stereocenters. The van der Waals surface area contributed by atoms with Crippen molar-refractivity contribution in [3.8, 4) is 0 Å². The van der Waals surface area contributed by atoms with Gasteiger partial charge in [0, 0.05) is 55.8 Å². The van der Waals surface area contributed by atoms with Gasteiger partial charge in [-0.3, -0.25) is 4.90 Å². The number of piperazine rings is 1. The number of hydrogen-bond acceptors (Lipinski definition) is 5. The van der Waals surface area contributed by atoms with Crippen LogP contribution in [0.15, 0.2) is 36.7 Å². The first-order chi connectivity index (χ1) is 10.2. The monoisotopic (exact) mass is 303 g/mol. The highest BCUT2D eigenvalue weighted by Crippen LogP contribution is 2.19. The van der Waals surface area contributed by atoms with E-state index in [1.807, 2.05) is 18.2 Å². The molecule has 21 heavy (non-hydrogen) atoms. The van der Waals surface area contributed by atoms with Crippen molar-refractivity contribution in [1.82, 2.24) is 14.9 Å². The van der Waals surface area contributed by atoms with E-state index in [-0.39, 0.29) is 0 Å². The summed E-state index contributed by atoms with van der Waals surface area (Å²) in [6.45, 7) is 4.68. The number of nitrogens with two attached hydrogens (primary N) is 1. The smallest absolute Gasteiger partial charge is 0.225 e. The third kappa shape index (κ3) is 3.62. The zero-order chi connectivity index (χ0) is 14.7. The summed E-state index contributed by atoms with van der Waals surface area (Å²) in [6.07, 6.45) is 3.56. The molecule has 110 valence electrons. The molecule has 1 aliphatic heterocycles. The van der Waals surface area contributed by atoms with Crippen molar-refractivity contribution in [2.75, 3.05) is 36.8 Å². The summed E-state index contributed by atoms with van der Waals surface area (Å²) in [4.78, 5) is 13.2. The molecule has 0 atom stereocenters. The van der Waals surface area contributed by atoms with Crippen molar-refractivity contribution in [1.29, 1.82) is 0 Å². The van der Waals surface area contributed by atoms with Crippen LogP contribution in [0.1, 0.15) is 5.56 Å². The average Bonchev–Trinajstić information content (AvgIpc) is 2.48. The van der Waals surface area contributed by atoms with Gasteiger partial charge in [0.1, 0.15) is 0 Å². The van der Waals surface area contributed by atoms with E-state index >= 15 is 0 Å². The van der Waals surface area contributed by atoms with Crippen LogP contribution in [0.5, 0.6) is 0 Å². The van der Waals surface area contributed by atoms with Crippen molar-refractivity contribution in [3.63, 3.8) is 0 Å². The Balaban J connectivity index is 1.58. The van der Waals surface area contributed by atoms with Crippen LogP contribution in [-0.2, 0) is 6.54 Å². The molecular weight excluding hydrogens is 286 g/mol. The standard InChI is InChI=1S/C15H18ClN5/c16-13-8-12(9-14(17)10-13)11-20-4-6-21(7-5-20)15-18-2-1-3-19-15/h1-3,8-10H,4-7,11,17H2. The summed E-state index contributed by atoms with van der Waals surface area (Å²) in [5.41, 5.74) is 7.71. The minimum atomic E-state index is 0.696. The molecule has 2 N–H and O–H groups in total. The quantitative estimate of drug-likeness (QED) is 0.879. The van der Waals surface area contributed by atoms with Crippen molar-refractivity contribution >= 4 is 23.2 Å². The fourth-order valence-electron chi connectivity index (χ4n) is 2.59. The molecule has 1 aliphatic rings. The number of anilines is 2. The molecule has 6 heteroatoms. The maximum atomic E-state index is 6.05. The summed E-state index contributed by atoms with van der Waals surface area (Å²) in [7, 11) is 0. The Morgan fingerprint density at radius 2 is 1.76 bits per heavy atom. The van der Waals surface area contributed by atoms with Crippen molar-refractivity contribution in [2.45, 2.75) is 6.54 Å². The van der Waals surface area contributed by atoms with E-state index in [2.05, 4.69) is 19.8 Å². The van der Waals surface area contributed by atoms with E-state index in [0.717, 1.165) is 44.2 Å². The number of nitrogen functional groups attached to an aromatic ring is 1. The second kappa shape index (κ2) is 6.28. The molecule has 0 amide bonds. The Morgan fingerprint density at radius 1 is 1.05 bits per heavy atom. The summed E-state index contributed by atoms with van der Waals surface area (Å²) in [5, 5.41) is 0.696. The number of hydrogen-bond donors (Lipinski definition) is 1. The molecule has 0 radical (unpaired) electrons. The molecule has 3 rings (SSSR count). The molecule has 2 aromatic rings. The summed E-state index contributed by atoms with van der Waals surface area (Å²) in [5.74, 6) is 0.809. The summed E-state index contributed by atoms with van der Waals surface area (Å²) < 4.78 is 0. The molecular formula is C15H18ClN5. The van der Waals surface area contributed by atoms with Crippen LogP contribution in [0.2, 0.25) is 5.02 Å². The number of aromatic nitrogens is 2. The van der Waals surface area contributed by atoms with Gasteiger partial charge >= 0.3 is 0 Å². The summed E-state index contributed by atoms with van der Waals surface area (Å²) in [6, 6.07) is 7.57. The average molecular weight is 304 g/mol. The molecule has 0 aliphatic carbocycles. The molecule has 5 nitrogen and oxygen atoms in total. The Bertz CT molecular complexity index is 576. The molecule has 1 aromatic carbocycles. The third-order valence-corrected chi connectivity index (χ3v) is 3.81. The summed E-state index contributed by atoms with van der Waals surface area (Å²) >= 11 is 6.05. The zero-order valence-electron chi connectivity index (χ0n) is 11.7. The van der Waals surface area contributed by atoms with Gasteiger partial charge in [0.2, 0.25) is 5.95 Å². The molecule has 0 saturated carbocycles. The third-order valence-electron chi connectivity index (χ3n) is 3.59. The lowest BCUT2D eigenvalue weighted by molar-refractivity contribution is 0.249. The Kier molecular flexibility index (Phi) is 4.22. The van der Waals surface area contributed by atoms with Gasteiger partial charge in [0.05, 0.1) is 0 Å². The van der Waals surface area contributed by atoms with E-state index in [1.165, 1.54) is 0 Å². The van der Waals surface area contributed by atoms with Crippen LogP contribution in [0.4, 0.5) is 11.6 Å². The largest absolute Gasteiger partial charge is 0.399 e. The fourth-order valence-corrected chi connectivity index (χ4v) is 2.85. The Morgan fingerprint density at radius 3 is 2.43 bits per heavy atom. The van der Waals surface area contributed by atoms with Gasteiger partial charge in [0.15, 0.2) is 0 Å². The van der Waals surface area contributed by atoms with Gasteiger partial charge in [-0.1, -0.05) is 11.6 Å². The lowest BCUT2D eigenvalue weighted by Crippen LogP contribution is -2.46. The van der Waals surface area contributed by atoms with Gasteiger partial charge in [0.25, 0.3) is 0 Å². The highest BCUT2D eigenvalue weighted by molar-refractivity contribution is 6.30. The van der Waals surface area contributed by atoms with Crippen LogP contribution in [-0.4, -0.2) is 41.0 Å². The molecule has 1 fully saturated rings. The van der Waals surface area contributed by atoms with E-state index < -0.39 is 0 Å². The normalized spacial score (nSPS) is 16.1. The molecule has 0 spiro atoms. The van der Waals surface area contributed by atoms with E-state index in [0.29, 0.717) is 10.7 Å². The van der Waals surface area contributed by atoms with Crippen LogP contribution < -0.4 is 10.6 Å². The van der Waals surface area contributed by atoms with Crippen molar-refractivity contribution < 1.29 is 0 Å². The van der Waals surface area contributed by atoms with Crippen LogP contribution in [0.25, 0.3) is 0 Å². The predicted octanol–water partition coefficient (Wildman–Crippen LogP) is 2.03. The van der Waals surface area contributed by atoms with Crippen molar-refractivity contribution in [3.05, 3.63) is 47.2 Å². The maximum Gasteiger partial charge on any atom is 0.225 e. The second-order valence-corrected chi connectivity index (χ2v) is 5.64. The van der Waals surface area contributed by atoms with E-state index in [9.17, 15) is 0 Å². The highest BCUT2D eigenvalue weighted by Gasteiger charge is 2.18. The topological polar surface area (TPSA) is 58.3 Å². The first kappa shape index (κ1) is 14.1.